The van der Waals surface area contributed by atoms with Gasteiger partial charge in [0.15, 0.2) is 0 Å². The van der Waals surface area contributed by atoms with Gasteiger partial charge < -0.3 is 19.3 Å². The topological polar surface area (TPSA) is 67.8 Å². The minimum absolute atomic E-state index is 0.0490. The van der Waals surface area contributed by atoms with E-state index in [2.05, 4.69) is 14.9 Å². The first kappa shape index (κ1) is 16.0. The summed E-state index contributed by atoms with van der Waals surface area (Å²) in [6.07, 6.45) is 3.01. The van der Waals surface area contributed by atoms with Gasteiger partial charge in [-0.1, -0.05) is 0 Å². The molecule has 0 bridgehead atoms. The molecule has 1 aromatic carbocycles. The molecule has 3 rings (SSSR count). The normalized spacial score (nSPS) is 14.4. The summed E-state index contributed by atoms with van der Waals surface area (Å²) in [7, 11) is 3.15. The maximum atomic E-state index is 12.5. The summed E-state index contributed by atoms with van der Waals surface area (Å²) in [5.41, 5.74) is 1.62. The number of carbonyl (C=O) groups is 1. The van der Waals surface area contributed by atoms with Gasteiger partial charge in [0.25, 0.3) is 5.91 Å². The second-order valence-electron chi connectivity index (χ2n) is 5.44. The summed E-state index contributed by atoms with van der Waals surface area (Å²) in [5, 5.41) is 0. The largest absolute Gasteiger partial charge is 0.497 e. The molecule has 0 N–H and O–H groups in total. The molecule has 1 aliphatic rings. The number of piperazine rings is 1. The molecule has 7 nitrogen and oxygen atoms in total. The lowest BCUT2D eigenvalue weighted by Gasteiger charge is -2.36. The molecule has 126 valence electrons. The standard InChI is InChI=1S/C17H20N4O3/c1-23-15-5-3-14(4-6-15)20-7-9-21(10-8-20)16(22)13-11-18-17(24-2)19-12-13/h3-6,11-12H,7-10H2,1-2H3. The molecule has 2 heterocycles. The maximum Gasteiger partial charge on any atom is 0.316 e. The van der Waals surface area contributed by atoms with Gasteiger partial charge in [-0.3, -0.25) is 4.79 Å². The molecule has 0 saturated carbocycles. The number of aromatic nitrogens is 2. The number of anilines is 1. The van der Waals surface area contributed by atoms with E-state index in [9.17, 15) is 4.79 Å². The lowest BCUT2D eigenvalue weighted by Crippen LogP contribution is -2.48. The number of amides is 1. The van der Waals surface area contributed by atoms with Crippen LogP contribution in [0.25, 0.3) is 0 Å². The van der Waals surface area contributed by atoms with Crippen molar-refractivity contribution in [2.75, 3.05) is 45.3 Å². The molecule has 24 heavy (non-hydrogen) atoms. The Labute approximate surface area is 140 Å². The van der Waals surface area contributed by atoms with Crippen molar-refractivity contribution in [2.24, 2.45) is 0 Å². The highest BCUT2D eigenvalue weighted by Gasteiger charge is 2.22. The highest BCUT2D eigenvalue weighted by atomic mass is 16.5. The first-order chi connectivity index (χ1) is 11.7. The highest BCUT2D eigenvalue weighted by Crippen LogP contribution is 2.21. The Bertz CT molecular complexity index is 680. The van der Waals surface area contributed by atoms with Crippen LogP contribution in [0.5, 0.6) is 11.8 Å². The summed E-state index contributed by atoms with van der Waals surface area (Å²) < 4.78 is 10.1. The molecule has 1 amide bonds. The third kappa shape index (κ3) is 3.40. The Morgan fingerprint density at radius 2 is 1.58 bits per heavy atom. The first-order valence-corrected chi connectivity index (χ1v) is 7.75. The molecule has 1 aromatic heterocycles. The molecule has 0 radical (unpaired) electrons. The van der Waals surface area contributed by atoms with Crippen molar-refractivity contribution in [1.82, 2.24) is 14.9 Å². The van der Waals surface area contributed by atoms with Crippen LogP contribution in [0.15, 0.2) is 36.7 Å². The zero-order valence-electron chi connectivity index (χ0n) is 13.8. The van der Waals surface area contributed by atoms with Crippen LogP contribution in [-0.4, -0.2) is 61.2 Å². The van der Waals surface area contributed by atoms with Crippen LogP contribution in [-0.2, 0) is 0 Å². The van der Waals surface area contributed by atoms with Crippen LogP contribution < -0.4 is 14.4 Å². The van der Waals surface area contributed by atoms with Gasteiger partial charge in [0.2, 0.25) is 0 Å². The third-order valence-corrected chi connectivity index (χ3v) is 4.06. The average molecular weight is 328 g/mol. The van der Waals surface area contributed by atoms with Gasteiger partial charge in [-0.25, -0.2) is 9.97 Å². The molecular formula is C17H20N4O3. The van der Waals surface area contributed by atoms with E-state index < -0.39 is 0 Å². The van der Waals surface area contributed by atoms with Crippen LogP contribution in [0.2, 0.25) is 0 Å². The molecule has 1 saturated heterocycles. The van der Waals surface area contributed by atoms with Gasteiger partial charge in [0, 0.05) is 44.3 Å². The zero-order valence-corrected chi connectivity index (χ0v) is 13.8. The van der Waals surface area contributed by atoms with E-state index in [1.165, 1.54) is 19.5 Å². The minimum atomic E-state index is -0.0490. The molecule has 1 fully saturated rings. The summed E-state index contributed by atoms with van der Waals surface area (Å²) >= 11 is 0. The van der Waals surface area contributed by atoms with Crippen LogP contribution in [0.3, 0.4) is 0 Å². The minimum Gasteiger partial charge on any atom is -0.497 e. The lowest BCUT2D eigenvalue weighted by molar-refractivity contribution is 0.0745. The number of ether oxygens (including phenoxy) is 2. The lowest BCUT2D eigenvalue weighted by atomic mass is 10.2. The fraction of sp³-hybridized carbons (Fsp3) is 0.353. The summed E-state index contributed by atoms with van der Waals surface area (Å²) in [4.78, 5) is 24.6. The molecule has 0 atom stereocenters. The van der Waals surface area contributed by atoms with Crippen molar-refractivity contribution in [3.8, 4) is 11.8 Å². The van der Waals surface area contributed by atoms with Gasteiger partial charge in [0.05, 0.1) is 19.8 Å². The number of nitrogens with zero attached hydrogens (tertiary/aromatic N) is 4. The van der Waals surface area contributed by atoms with Crippen LogP contribution in [0.1, 0.15) is 10.4 Å². The number of hydrogen-bond acceptors (Lipinski definition) is 6. The SMILES string of the molecule is COc1ccc(N2CCN(C(=O)c3cnc(OC)nc3)CC2)cc1. The Morgan fingerprint density at radius 3 is 2.12 bits per heavy atom. The molecule has 2 aromatic rings. The predicted octanol–water partition coefficient (Wildman–Crippen LogP) is 1.46. The van der Waals surface area contributed by atoms with Gasteiger partial charge in [-0.05, 0) is 24.3 Å². The Hall–Kier alpha value is -2.83. The summed E-state index contributed by atoms with van der Waals surface area (Å²) in [6.45, 7) is 2.90. The van der Waals surface area contributed by atoms with Crippen molar-refractivity contribution in [1.29, 1.82) is 0 Å². The summed E-state index contributed by atoms with van der Waals surface area (Å²) in [6, 6.07) is 8.22. The molecule has 7 heteroatoms. The van der Waals surface area contributed by atoms with E-state index in [1.54, 1.807) is 7.11 Å². The Balaban J connectivity index is 1.60. The van der Waals surface area contributed by atoms with Crippen molar-refractivity contribution < 1.29 is 14.3 Å². The van der Waals surface area contributed by atoms with E-state index in [0.717, 1.165) is 24.5 Å². The average Bonchev–Trinajstić information content (AvgIpc) is 2.68. The van der Waals surface area contributed by atoms with E-state index in [1.807, 2.05) is 29.2 Å². The predicted molar refractivity (Wildman–Crippen MR) is 89.7 cm³/mol. The first-order valence-electron chi connectivity index (χ1n) is 7.75. The van der Waals surface area contributed by atoms with E-state index in [-0.39, 0.29) is 11.9 Å². The van der Waals surface area contributed by atoms with Crippen LogP contribution in [0.4, 0.5) is 5.69 Å². The fourth-order valence-electron chi connectivity index (χ4n) is 2.68. The quantitative estimate of drug-likeness (QED) is 0.846. The van der Waals surface area contributed by atoms with E-state index >= 15 is 0 Å². The van der Waals surface area contributed by atoms with Crippen LogP contribution in [0, 0.1) is 0 Å². The Kier molecular flexibility index (Phi) is 4.79. The molecular weight excluding hydrogens is 308 g/mol. The van der Waals surface area contributed by atoms with Crippen molar-refractivity contribution >= 4 is 11.6 Å². The highest BCUT2D eigenvalue weighted by molar-refractivity contribution is 5.93. The van der Waals surface area contributed by atoms with Gasteiger partial charge >= 0.3 is 6.01 Å². The fourth-order valence-corrected chi connectivity index (χ4v) is 2.68. The number of rotatable bonds is 4. The van der Waals surface area contributed by atoms with Gasteiger partial charge in [0.1, 0.15) is 5.75 Å². The monoisotopic (exact) mass is 328 g/mol. The smallest absolute Gasteiger partial charge is 0.316 e. The molecule has 0 unspecified atom stereocenters. The van der Waals surface area contributed by atoms with Gasteiger partial charge in [-0.15, -0.1) is 0 Å². The number of hydrogen-bond donors (Lipinski definition) is 0. The van der Waals surface area contributed by atoms with E-state index in [0.29, 0.717) is 18.7 Å². The van der Waals surface area contributed by atoms with Crippen molar-refractivity contribution in [3.63, 3.8) is 0 Å². The maximum absolute atomic E-state index is 12.5. The zero-order chi connectivity index (χ0) is 16.9. The molecule has 0 spiro atoms. The second kappa shape index (κ2) is 7.16. The van der Waals surface area contributed by atoms with E-state index in [4.69, 9.17) is 9.47 Å². The third-order valence-electron chi connectivity index (χ3n) is 4.06. The number of methoxy groups -OCH3 is 2. The second-order valence-corrected chi connectivity index (χ2v) is 5.44. The number of carbonyl (C=O) groups excluding carboxylic acids is 1. The number of benzene rings is 1. The van der Waals surface area contributed by atoms with Gasteiger partial charge in [-0.2, -0.15) is 0 Å². The molecule has 1 aliphatic heterocycles. The summed E-state index contributed by atoms with van der Waals surface area (Å²) in [5.74, 6) is 0.791. The molecule has 0 aliphatic carbocycles. The van der Waals surface area contributed by atoms with Crippen molar-refractivity contribution in [2.45, 2.75) is 0 Å². The van der Waals surface area contributed by atoms with Crippen LogP contribution >= 0.6 is 0 Å². The Morgan fingerprint density at radius 1 is 0.958 bits per heavy atom. The van der Waals surface area contributed by atoms with Crippen molar-refractivity contribution in [3.05, 3.63) is 42.2 Å².